The number of hydrogen-bond donors (Lipinski definition) is 0. The van der Waals surface area contributed by atoms with Gasteiger partial charge in [-0.2, -0.15) is 0 Å². The van der Waals surface area contributed by atoms with Crippen molar-refractivity contribution >= 4 is 122 Å². The van der Waals surface area contributed by atoms with Crippen LogP contribution in [0, 0.1) is 0 Å². The molecule has 0 spiro atoms. The Morgan fingerprint density at radius 2 is 0.438 bits per heavy atom. The quantitative estimate of drug-likeness (QED) is 0.0967. The van der Waals surface area contributed by atoms with Gasteiger partial charge in [-0.15, -0.1) is 0 Å². The lowest BCUT2D eigenvalue weighted by Gasteiger charge is -2.28. The van der Waals surface area contributed by atoms with Gasteiger partial charge in [-0.05, 0) is 286 Å². The Balaban J connectivity index is 0.000000143. The molecule has 0 aliphatic heterocycles. The lowest BCUT2D eigenvalue weighted by atomic mass is 9.82. The molecule has 0 fully saturated rings. The second-order valence-corrected chi connectivity index (χ2v) is 39.4. The second kappa shape index (κ2) is 34.3. The van der Waals surface area contributed by atoms with Crippen molar-refractivity contribution in [3.63, 3.8) is 0 Å². The molecule has 4 heterocycles. The number of benzene rings is 22. The summed E-state index contributed by atoms with van der Waals surface area (Å²) in [6.45, 7) is 9.41. The van der Waals surface area contributed by atoms with Gasteiger partial charge >= 0.3 is 0 Å². The topological polar surface area (TPSA) is 42.6 Å². The van der Waals surface area contributed by atoms with Crippen LogP contribution in [0.4, 0.5) is 34.1 Å². The molecule has 28 rings (SSSR count). The van der Waals surface area contributed by atoms with E-state index in [4.69, 9.17) is 8.83 Å². The first-order valence-electron chi connectivity index (χ1n) is 49.8. The summed E-state index contributed by atoms with van der Waals surface area (Å²) < 4.78 is 17.2. The molecular weight excluding hydrogens is 1750 g/mol. The van der Waals surface area contributed by atoms with Crippen molar-refractivity contribution in [2.24, 2.45) is 0 Å². The van der Waals surface area contributed by atoms with Gasteiger partial charge in [-0.1, -0.05) is 380 Å². The third-order valence-electron chi connectivity index (χ3n) is 30.5. The van der Waals surface area contributed by atoms with Gasteiger partial charge in [0.15, 0.2) is 0 Å². The molecule has 6 nitrogen and oxygen atoms in total. The van der Waals surface area contributed by atoms with Crippen LogP contribution < -0.4 is 9.80 Å². The minimum atomic E-state index is -0.123. The second-order valence-electron chi connectivity index (χ2n) is 39.4. The molecule has 4 aromatic heterocycles. The largest absolute Gasteiger partial charge is 0.456 e. The van der Waals surface area contributed by atoms with Crippen molar-refractivity contribution in [2.45, 2.75) is 38.5 Å². The fraction of sp³-hybridized carbons (Fsp3) is 0.0435. The SMILES string of the molecule is CC1(C)c2ccccc2-c2ccc(N(c3ccc(-c4ccc(-c5ccc6c(c5)c5ccccc5n6-c5ccccc5)cc4)cc3)c3ccc(-c4ccc(-c5cccc6c5oc5ccccc56)cc4)cc3)cc21.CC1(C)c2ccccc2-c2ccc(N(c3ccc(-c4ccc(-c5ccc6oc7ccccc7c6c5)cc4)cc3)c3ccc(-c4ccc(-c5ccc6c(c5)c5ccccc5n6-c5ccccc5)cc4)cc3)cc21. The molecule has 0 unspecified atom stereocenters. The van der Waals surface area contributed by atoms with Crippen LogP contribution in [0.2, 0.25) is 0 Å². The van der Waals surface area contributed by atoms with Gasteiger partial charge in [0.05, 0.1) is 22.1 Å². The fourth-order valence-electron chi connectivity index (χ4n) is 23.1. The standard InChI is InChI=1S/2C69H48N2O/c1-69(2)63-20-9-6-15-57(63)58-41-40-55(44-64(58)69)70(54-38-33-48(34-39-54)46-27-29-50(30-28-46)56-18-12-19-61-60-17-8-11-22-67(60)72-68(56)61)53-36-31-47(32-37-53)45-23-25-49(26-24-45)51-35-42-66-62(43-51)59-16-7-10-21-65(59)71(66)52-13-4-3-5-14-52;1-69(2)63-17-9-6-14-57(63)58-39-38-56(44-64(58)69)70(55-36-30-48(31-37-55)46-22-26-50(27-23-46)52-33-41-68-62(43-52)60-16-8-11-19-67(60)72-68)54-34-28-47(29-35-54)45-20-24-49(25-21-45)51-32-40-66-61(42-51)59-15-7-10-18-65(59)71(66)53-12-4-3-5-13-53/h2*3-44H,1-2H3. The highest BCUT2D eigenvalue weighted by Crippen LogP contribution is 2.54. The summed E-state index contributed by atoms with van der Waals surface area (Å²) >= 11 is 0. The molecule has 0 atom stereocenters. The number of para-hydroxylation sites is 7. The molecule has 22 aromatic carbocycles. The molecule has 2 aliphatic carbocycles. The Morgan fingerprint density at radius 3 is 0.847 bits per heavy atom. The molecule has 6 heteroatoms. The smallest absolute Gasteiger partial charge is 0.143 e. The normalized spacial score (nSPS) is 12.7. The van der Waals surface area contributed by atoms with E-state index in [9.17, 15) is 0 Å². The molecule has 680 valence electrons. The third-order valence-corrected chi connectivity index (χ3v) is 30.5. The number of nitrogens with zero attached hydrogens (tertiary/aromatic N) is 4. The van der Waals surface area contributed by atoms with E-state index in [-0.39, 0.29) is 10.8 Å². The Labute approximate surface area is 836 Å². The fourth-order valence-corrected chi connectivity index (χ4v) is 23.1. The minimum Gasteiger partial charge on any atom is -0.456 e. The van der Waals surface area contributed by atoms with Gasteiger partial charge in [0.2, 0.25) is 0 Å². The summed E-state index contributed by atoms with van der Waals surface area (Å²) in [5.41, 5.74) is 46.8. The maximum absolute atomic E-state index is 6.39. The first-order valence-corrected chi connectivity index (χ1v) is 49.8. The zero-order chi connectivity index (χ0) is 95.8. The van der Waals surface area contributed by atoms with Crippen LogP contribution in [0.1, 0.15) is 49.9 Å². The van der Waals surface area contributed by atoms with E-state index < -0.39 is 0 Å². The summed E-state index contributed by atoms with van der Waals surface area (Å²) in [7, 11) is 0. The molecule has 0 radical (unpaired) electrons. The lowest BCUT2D eigenvalue weighted by Crippen LogP contribution is -2.16. The van der Waals surface area contributed by atoms with Crippen LogP contribution in [0.15, 0.2) is 518 Å². The average Bonchev–Trinajstić information content (AvgIpc) is 1.58. The number of furan rings is 2. The highest BCUT2D eigenvalue weighted by molar-refractivity contribution is 6.14. The monoisotopic (exact) mass is 1840 g/mol. The van der Waals surface area contributed by atoms with E-state index in [2.05, 4.69) is 532 Å². The zero-order valence-corrected chi connectivity index (χ0v) is 80.1. The van der Waals surface area contributed by atoms with Crippen LogP contribution >= 0.6 is 0 Å². The number of fused-ring (bicyclic) bond motifs is 18. The van der Waals surface area contributed by atoms with E-state index in [1.165, 1.54) is 166 Å². The first-order chi connectivity index (χ1) is 70.9. The predicted octanol–water partition coefficient (Wildman–Crippen LogP) is 38.3. The molecule has 0 saturated heterocycles. The Hall–Kier alpha value is -18.4. The maximum atomic E-state index is 6.39. The molecule has 0 saturated carbocycles. The highest BCUT2D eigenvalue weighted by Gasteiger charge is 2.38. The van der Waals surface area contributed by atoms with E-state index in [0.717, 1.165) is 100 Å². The van der Waals surface area contributed by atoms with Crippen LogP contribution in [0.5, 0.6) is 0 Å². The molecule has 2 aliphatic rings. The summed E-state index contributed by atoms with van der Waals surface area (Å²) in [5, 5.41) is 9.59. The highest BCUT2D eigenvalue weighted by atomic mass is 16.3. The van der Waals surface area contributed by atoms with E-state index >= 15 is 0 Å². The van der Waals surface area contributed by atoms with Gasteiger partial charge in [0, 0.05) is 105 Å². The number of aromatic nitrogens is 2. The van der Waals surface area contributed by atoms with Gasteiger partial charge in [0.25, 0.3) is 0 Å². The van der Waals surface area contributed by atoms with Crippen molar-refractivity contribution in [2.75, 3.05) is 9.80 Å². The van der Waals surface area contributed by atoms with Crippen LogP contribution in [0.25, 0.3) is 210 Å². The predicted molar refractivity (Wildman–Crippen MR) is 604 cm³/mol. The Morgan fingerprint density at radius 1 is 0.167 bits per heavy atom. The van der Waals surface area contributed by atoms with E-state index in [1.54, 1.807) is 0 Å². The Kier molecular flexibility index (Phi) is 20.2. The molecule has 26 aromatic rings. The average molecular weight is 1840 g/mol. The minimum absolute atomic E-state index is 0.121. The maximum Gasteiger partial charge on any atom is 0.143 e. The van der Waals surface area contributed by atoms with Gasteiger partial charge in [-0.25, -0.2) is 0 Å². The molecule has 0 bridgehead atoms. The Bertz CT molecular complexity index is 9490. The summed E-state index contributed by atoms with van der Waals surface area (Å²) in [6.07, 6.45) is 0. The molecular formula is C138H96N4O2. The van der Waals surface area contributed by atoms with Crippen molar-refractivity contribution in [3.8, 4) is 123 Å². The van der Waals surface area contributed by atoms with Crippen LogP contribution in [-0.2, 0) is 10.8 Å². The number of hydrogen-bond acceptors (Lipinski definition) is 4. The summed E-state index contributed by atoms with van der Waals surface area (Å²) in [6, 6.07) is 186. The van der Waals surface area contributed by atoms with E-state index in [0.29, 0.717) is 0 Å². The van der Waals surface area contributed by atoms with E-state index in [1.807, 2.05) is 24.3 Å². The number of anilines is 6. The lowest BCUT2D eigenvalue weighted by molar-refractivity contribution is 0.660. The van der Waals surface area contributed by atoms with Crippen LogP contribution in [0.3, 0.4) is 0 Å². The van der Waals surface area contributed by atoms with Crippen molar-refractivity contribution in [3.05, 3.63) is 532 Å². The van der Waals surface area contributed by atoms with Crippen LogP contribution in [-0.4, -0.2) is 9.13 Å². The first kappa shape index (κ1) is 84.9. The van der Waals surface area contributed by atoms with Crippen molar-refractivity contribution < 1.29 is 8.83 Å². The zero-order valence-electron chi connectivity index (χ0n) is 80.1. The van der Waals surface area contributed by atoms with Gasteiger partial charge in [-0.3, -0.25) is 0 Å². The van der Waals surface area contributed by atoms with Gasteiger partial charge < -0.3 is 27.8 Å². The molecule has 0 N–H and O–H groups in total. The molecule has 0 amide bonds. The number of rotatable bonds is 16. The third kappa shape index (κ3) is 14.5. The van der Waals surface area contributed by atoms with Gasteiger partial charge in [0.1, 0.15) is 22.3 Å². The molecule has 144 heavy (non-hydrogen) atoms. The van der Waals surface area contributed by atoms with Crippen molar-refractivity contribution in [1.29, 1.82) is 0 Å². The summed E-state index contributed by atoms with van der Waals surface area (Å²) in [4.78, 5) is 4.80. The summed E-state index contributed by atoms with van der Waals surface area (Å²) in [5.74, 6) is 0. The van der Waals surface area contributed by atoms with Crippen molar-refractivity contribution in [1.82, 2.24) is 9.13 Å².